The first-order valence-electron chi connectivity index (χ1n) is 7.55. The summed E-state index contributed by atoms with van der Waals surface area (Å²) in [5.74, 6) is 2.88. The van der Waals surface area contributed by atoms with Crippen molar-refractivity contribution in [2.45, 2.75) is 58.5 Å². The van der Waals surface area contributed by atoms with E-state index in [1.807, 2.05) is 0 Å². The highest BCUT2D eigenvalue weighted by atomic mass is 15.2. The van der Waals surface area contributed by atoms with Crippen LogP contribution in [0.1, 0.15) is 46.5 Å². The molecule has 2 aliphatic carbocycles. The molecule has 2 nitrogen and oxygen atoms in total. The predicted molar refractivity (Wildman–Crippen MR) is 74.2 cm³/mol. The Hall–Kier alpha value is -0.0800. The normalized spacial score (nSPS) is 41.8. The molecule has 0 spiro atoms. The molecule has 5 unspecified atom stereocenters. The zero-order valence-corrected chi connectivity index (χ0v) is 12.1. The number of rotatable bonds is 5. The lowest BCUT2D eigenvalue weighted by molar-refractivity contribution is 0.120. The van der Waals surface area contributed by atoms with Gasteiger partial charge in [-0.3, -0.25) is 0 Å². The molecule has 2 heteroatoms. The molecule has 0 heterocycles. The maximum Gasteiger partial charge on any atom is 0.0248 e. The average molecular weight is 238 g/mol. The Labute approximate surface area is 107 Å². The number of hydrogen-bond donors (Lipinski definition) is 1. The van der Waals surface area contributed by atoms with E-state index in [1.54, 1.807) is 0 Å². The Morgan fingerprint density at radius 3 is 2.47 bits per heavy atom. The van der Waals surface area contributed by atoms with Gasteiger partial charge in [-0.2, -0.15) is 0 Å². The first-order chi connectivity index (χ1) is 8.11. The van der Waals surface area contributed by atoms with Gasteiger partial charge >= 0.3 is 0 Å². The quantitative estimate of drug-likeness (QED) is 0.792. The van der Waals surface area contributed by atoms with Gasteiger partial charge in [-0.05, 0) is 57.0 Å². The lowest BCUT2D eigenvalue weighted by Gasteiger charge is -2.41. The molecule has 5 atom stereocenters. The van der Waals surface area contributed by atoms with Gasteiger partial charge in [0.05, 0.1) is 0 Å². The molecule has 0 radical (unpaired) electrons. The molecule has 0 aromatic carbocycles. The Kier molecular flexibility index (Phi) is 4.48. The average Bonchev–Trinajstić information content (AvgIpc) is 2.97. The Bertz CT molecular complexity index is 241. The summed E-state index contributed by atoms with van der Waals surface area (Å²) in [6.45, 7) is 9.48. The van der Waals surface area contributed by atoms with E-state index in [9.17, 15) is 0 Å². The van der Waals surface area contributed by atoms with Gasteiger partial charge in [0.15, 0.2) is 0 Å². The van der Waals surface area contributed by atoms with Crippen LogP contribution in [-0.4, -0.2) is 37.1 Å². The monoisotopic (exact) mass is 238 g/mol. The van der Waals surface area contributed by atoms with Gasteiger partial charge in [-0.25, -0.2) is 0 Å². The van der Waals surface area contributed by atoms with E-state index in [0.29, 0.717) is 0 Å². The number of nitrogens with one attached hydrogen (secondary N) is 1. The van der Waals surface area contributed by atoms with Crippen LogP contribution in [0.4, 0.5) is 0 Å². The molecule has 0 aromatic rings. The maximum absolute atomic E-state index is 3.70. The molecular formula is C15H30N2. The summed E-state index contributed by atoms with van der Waals surface area (Å²) < 4.78 is 0. The topological polar surface area (TPSA) is 15.3 Å². The fourth-order valence-electron chi connectivity index (χ4n) is 3.50. The molecule has 0 saturated heterocycles. The van der Waals surface area contributed by atoms with Crippen molar-refractivity contribution < 1.29 is 0 Å². The van der Waals surface area contributed by atoms with Crippen LogP contribution in [0, 0.1) is 17.8 Å². The van der Waals surface area contributed by atoms with Gasteiger partial charge in [0.25, 0.3) is 0 Å². The maximum atomic E-state index is 3.70. The minimum atomic E-state index is 0.732. The van der Waals surface area contributed by atoms with Crippen LogP contribution < -0.4 is 5.32 Å². The summed E-state index contributed by atoms with van der Waals surface area (Å²) in [5.41, 5.74) is 0. The van der Waals surface area contributed by atoms with Crippen molar-refractivity contribution in [1.29, 1.82) is 0 Å². The van der Waals surface area contributed by atoms with E-state index >= 15 is 0 Å². The van der Waals surface area contributed by atoms with E-state index in [-0.39, 0.29) is 0 Å². The van der Waals surface area contributed by atoms with Crippen LogP contribution >= 0.6 is 0 Å². The summed E-state index contributed by atoms with van der Waals surface area (Å²) in [7, 11) is 2.35. The predicted octanol–water partition coefficient (Wildman–Crippen LogP) is 2.74. The van der Waals surface area contributed by atoms with Crippen molar-refractivity contribution in [3.63, 3.8) is 0 Å². The third-order valence-electron chi connectivity index (χ3n) is 4.91. The lowest BCUT2D eigenvalue weighted by Crippen LogP contribution is -2.52. The Morgan fingerprint density at radius 1 is 1.18 bits per heavy atom. The fraction of sp³-hybridized carbons (Fsp3) is 1.00. The second-order valence-electron chi connectivity index (χ2n) is 6.56. The highest BCUT2D eigenvalue weighted by molar-refractivity contribution is 4.92. The highest BCUT2D eigenvalue weighted by Gasteiger charge is 2.37. The van der Waals surface area contributed by atoms with E-state index < -0.39 is 0 Å². The van der Waals surface area contributed by atoms with Gasteiger partial charge in [0.2, 0.25) is 0 Å². The molecule has 0 aromatic heterocycles. The zero-order chi connectivity index (χ0) is 12.4. The van der Waals surface area contributed by atoms with Crippen molar-refractivity contribution >= 4 is 0 Å². The third-order valence-corrected chi connectivity index (χ3v) is 4.91. The fourth-order valence-corrected chi connectivity index (χ4v) is 3.50. The Morgan fingerprint density at radius 2 is 1.88 bits per heavy atom. The summed E-state index contributed by atoms with van der Waals surface area (Å²) in [5, 5.41) is 3.70. The Balaban J connectivity index is 1.88. The second-order valence-corrected chi connectivity index (χ2v) is 6.56. The highest BCUT2D eigenvalue weighted by Crippen LogP contribution is 2.39. The van der Waals surface area contributed by atoms with Gasteiger partial charge in [-0.15, -0.1) is 0 Å². The molecule has 100 valence electrons. The van der Waals surface area contributed by atoms with Gasteiger partial charge < -0.3 is 10.2 Å². The van der Waals surface area contributed by atoms with Crippen LogP contribution in [0.25, 0.3) is 0 Å². The second kappa shape index (κ2) is 5.71. The molecular weight excluding hydrogens is 208 g/mol. The molecule has 2 saturated carbocycles. The van der Waals surface area contributed by atoms with E-state index in [2.05, 4.69) is 38.0 Å². The summed E-state index contributed by atoms with van der Waals surface area (Å²) in [6.07, 6.45) is 5.61. The standard InChI is InChI=1S/C15H30N2/c1-5-16-14-7-6-11(2)8-15(14)17(4)10-13-9-12(13)3/h11-16H,5-10H2,1-4H3. The van der Waals surface area contributed by atoms with Crippen molar-refractivity contribution in [2.24, 2.45) is 17.8 Å². The van der Waals surface area contributed by atoms with Crippen molar-refractivity contribution in [1.82, 2.24) is 10.2 Å². The first-order valence-corrected chi connectivity index (χ1v) is 7.55. The van der Waals surface area contributed by atoms with Crippen molar-refractivity contribution in [3.05, 3.63) is 0 Å². The number of nitrogens with zero attached hydrogens (tertiary/aromatic N) is 1. The number of hydrogen-bond acceptors (Lipinski definition) is 2. The smallest absolute Gasteiger partial charge is 0.0248 e. The zero-order valence-electron chi connectivity index (χ0n) is 12.1. The molecule has 2 aliphatic rings. The molecule has 1 N–H and O–H groups in total. The largest absolute Gasteiger partial charge is 0.313 e. The summed E-state index contributed by atoms with van der Waals surface area (Å²) >= 11 is 0. The minimum Gasteiger partial charge on any atom is -0.313 e. The van der Waals surface area contributed by atoms with Crippen LogP contribution in [-0.2, 0) is 0 Å². The van der Waals surface area contributed by atoms with E-state index in [1.165, 1.54) is 32.2 Å². The first kappa shape index (κ1) is 13.4. The van der Waals surface area contributed by atoms with E-state index in [0.717, 1.165) is 36.4 Å². The molecule has 2 rings (SSSR count). The van der Waals surface area contributed by atoms with Crippen molar-refractivity contribution in [2.75, 3.05) is 20.1 Å². The third kappa shape index (κ3) is 3.45. The van der Waals surface area contributed by atoms with Crippen LogP contribution in [0.5, 0.6) is 0 Å². The lowest BCUT2D eigenvalue weighted by atomic mass is 9.82. The van der Waals surface area contributed by atoms with Gasteiger partial charge in [0, 0.05) is 18.6 Å². The molecule has 0 amide bonds. The van der Waals surface area contributed by atoms with Crippen LogP contribution in [0.15, 0.2) is 0 Å². The summed E-state index contributed by atoms with van der Waals surface area (Å²) in [4.78, 5) is 2.65. The molecule has 0 bridgehead atoms. The molecule has 0 aliphatic heterocycles. The minimum absolute atomic E-state index is 0.732. The number of likely N-dealkylation sites (N-methyl/N-ethyl adjacent to an activating group) is 2. The van der Waals surface area contributed by atoms with E-state index in [4.69, 9.17) is 0 Å². The summed E-state index contributed by atoms with van der Waals surface area (Å²) in [6, 6.07) is 1.50. The molecule has 2 fully saturated rings. The van der Waals surface area contributed by atoms with Gasteiger partial charge in [0.1, 0.15) is 0 Å². The van der Waals surface area contributed by atoms with Crippen molar-refractivity contribution in [3.8, 4) is 0 Å². The SMILES string of the molecule is CCNC1CCC(C)CC1N(C)CC1CC1C. The molecule has 17 heavy (non-hydrogen) atoms. The van der Waals surface area contributed by atoms with Gasteiger partial charge in [-0.1, -0.05) is 20.8 Å². The van der Waals surface area contributed by atoms with Crippen LogP contribution in [0.3, 0.4) is 0 Å². The van der Waals surface area contributed by atoms with Crippen LogP contribution in [0.2, 0.25) is 0 Å².